The van der Waals surface area contributed by atoms with E-state index in [2.05, 4.69) is 5.32 Å². The molecule has 0 radical (unpaired) electrons. The molecule has 0 saturated carbocycles. The molecular formula is C20H31N5O2. The third-order valence-electron chi connectivity index (χ3n) is 4.92. The number of carbonyl (C=O) groups excluding carboxylic acids is 1. The average Bonchev–Trinajstić information content (AvgIpc) is 2.89. The molecule has 0 atom stereocenters. The van der Waals surface area contributed by atoms with Crippen LogP contribution in [0.2, 0.25) is 0 Å². The van der Waals surface area contributed by atoms with E-state index in [1.165, 1.54) is 0 Å². The van der Waals surface area contributed by atoms with Crippen LogP contribution < -0.4 is 11.1 Å². The fourth-order valence-corrected chi connectivity index (χ4v) is 3.48. The predicted octanol–water partition coefficient (Wildman–Crippen LogP) is 2.89. The summed E-state index contributed by atoms with van der Waals surface area (Å²) in [7, 11) is 1.97. The van der Waals surface area contributed by atoms with Gasteiger partial charge in [0, 0.05) is 19.3 Å². The number of imidazole rings is 1. The van der Waals surface area contributed by atoms with Gasteiger partial charge in [0.15, 0.2) is 0 Å². The number of nitrogens with one attached hydrogen (secondary N) is 1. The molecule has 7 nitrogen and oxygen atoms in total. The van der Waals surface area contributed by atoms with Gasteiger partial charge in [-0.1, -0.05) is 0 Å². The van der Waals surface area contributed by atoms with E-state index >= 15 is 0 Å². The van der Waals surface area contributed by atoms with Crippen molar-refractivity contribution in [3.63, 3.8) is 0 Å². The number of hydrogen-bond donors (Lipinski definition) is 2. The molecule has 3 N–H and O–H groups in total. The summed E-state index contributed by atoms with van der Waals surface area (Å²) in [6.45, 7) is 8.78. The van der Waals surface area contributed by atoms with Gasteiger partial charge in [0.05, 0.1) is 17.6 Å². The van der Waals surface area contributed by atoms with Crippen molar-refractivity contribution in [1.82, 2.24) is 19.8 Å². The summed E-state index contributed by atoms with van der Waals surface area (Å²) in [5.74, 6) is 1.31. The average molecular weight is 374 g/mol. The van der Waals surface area contributed by atoms with Crippen molar-refractivity contribution in [2.24, 2.45) is 13.0 Å². The molecule has 0 unspecified atom stereocenters. The molecule has 0 aliphatic carbocycles. The van der Waals surface area contributed by atoms with Crippen LogP contribution in [0, 0.1) is 5.92 Å². The lowest BCUT2D eigenvalue weighted by atomic mass is 9.97. The number of nitrogen functional groups attached to an aromatic ring is 1. The van der Waals surface area contributed by atoms with Crippen LogP contribution in [-0.2, 0) is 18.3 Å². The normalized spacial score (nSPS) is 15.9. The Labute approximate surface area is 160 Å². The van der Waals surface area contributed by atoms with E-state index in [9.17, 15) is 4.79 Å². The third kappa shape index (κ3) is 4.91. The number of hydrogen-bond acceptors (Lipinski definition) is 5. The Morgan fingerprint density at radius 3 is 2.74 bits per heavy atom. The number of benzene rings is 1. The minimum atomic E-state index is -0.524. The van der Waals surface area contributed by atoms with Crippen molar-refractivity contribution in [1.29, 1.82) is 0 Å². The highest BCUT2D eigenvalue weighted by atomic mass is 16.6. The molecule has 0 spiro atoms. The number of piperidine rings is 1. The lowest BCUT2D eigenvalue weighted by Crippen LogP contribution is -2.42. The van der Waals surface area contributed by atoms with Crippen molar-refractivity contribution < 1.29 is 9.53 Å². The van der Waals surface area contributed by atoms with Crippen molar-refractivity contribution in [3.05, 3.63) is 24.0 Å². The van der Waals surface area contributed by atoms with Gasteiger partial charge in [0.25, 0.3) is 0 Å². The highest BCUT2D eigenvalue weighted by Crippen LogP contribution is 2.22. The molecule has 2 aromatic rings. The third-order valence-corrected chi connectivity index (χ3v) is 4.92. The van der Waals surface area contributed by atoms with Crippen LogP contribution in [0.25, 0.3) is 11.0 Å². The van der Waals surface area contributed by atoms with Crippen LogP contribution in [-0.4, -0.2) is 45.8 Å². The molecule has 2 heterocycles. The summed E-state index contributed by atoms with van der Waals surface area (Å²) in [6.07, 6.45) is 1.85. The molecule has 0 bridgehead atoms. The van der Waals surface area contributed by atoms with E-state index in [1.807, 2.05) is 50.6 Å². The maximum absolute atomic E-state index is 12.8. The zero-order valence-electron chi connectivity index (χ0n) is 16.8. The Balaban J connectivity index is 1.83. The van der Waals surface area contributed by atoms with E-state index in [-0.39, 0.29) is 6.09 Å². The quantitative estimate of drug-likeness (QED) is 0.805. The first kappa shape index (κ1) is 19.5. The van der Waals surface area contributed by atoms with E-state index in [0.717, 1.165) is 42.8 Å². The van der Waals surface area contributed by atoms with Crippen LogP contribution >= 0.6 is 0 Å². The number of anilines is 1. The fraction of sp³-hybridized carbons (Fsp3) is 0.600. The van der Waals surface area contributed by atoms with Gasteiger partial charge in [-0.3, -0.25) is 0 Å². The molecule has 1 saturated heterocycles. The zero-order chi connectivity index (χ0) is 19.6. The lowest BCUT2D eigenvalue weighted by Gasteiger charge is -2.31. The molecule has 1 aliphatic heterocycles. The van der Waals surface area contributed by atoms with Gasteiger partial charge in [0.1, 0.15) is 11.4 Å². The Bertz CT molecular complexity index is 803. The standard InChI is InChI=1S/C20H31N5O2/c1-20(2,3)27-19(26)25(12-14-7-9-22-10-8-14)13-18-23-16-11-15(21)5-6-17(16)24(18)4/h5-6,11,14,22H,7-10,12-13,21H2,1-4H3. The van der Waals surface area contributed by atoms with Gasteiger partial charge in [0.2, 0.25) is 0 Å². The monoisotopic (exact) mass is 373 g/mol. The Morgan fingerprint density at radius 2 is 2.07 bits per heavy atom. The molecule has 27 heavy (non-hydrogen) atoms. The second kappa shape index (κ2) is 7.76. The van der Waals surface area contributed by atoms with Crippen LogP contribution in [0.15, 0.2) is 18.2 Å². The number of nitrogens with zero attached hydrogens (tertiary/aromatic N) is 3. The largest absolute Gasteiger partial charge is 0.444 e. The van der Waals surface area contributed by atoms with Gasteiger partial charge in [-0.15, -0.1) is 0 Å². The molecule has 1 fully saturated rings. The second-order valence-corrected chi connectivity index (χ2v) is 8.39. The van der Waals surface area contributed by atoms with Gasteiger partial charge < -0.3 is 25.3 Å². The molecule has 1 aromatic carbocycles. The van der Waals surface area contributed by atoms with Gasteiger partial charge >= 0.3 is 6.09 Å². The first-order chi connectivity index (χ1) is 12.7. The number of carbonyl (C=O) groups is 1. The van der Waals surface area contributed by atoms with E-state index in [4.69, 9.17) is 15.5 Å². The molecular weight excluding hydrogens is 342 g/mol. The maximum atomic E-state index is 12.8. The SMILES string of the molecule is Cn1c(CN(CC2CCNCC2)C(=O)OC(C)(C)C)nc2cc(N)ccc21. The number of nitrogens with two attached hydrogens (primary N) is 1. The Kier molecular flexibility index (Phi) is 5.60. The molecule has 3 rings (SSSR count). The van der Waals surface area contributed by atoms with Crippen LogP contribution in [0.1, 0.15) is 39.4 Å². The molecule has 1 aromatic heterocycles. The van der Waals surface area contributed by atoms with Crippen LogP contribution in [0.3, 0.4) is 0 Å². The number of rotatable bonds is 4. The highest BCUT2D eigenvalue weighted by molar-refractivity contribution is 5.79. The summed E-state index contributed by atoms with van der Waals surface area (Å²) in [6, 6.07) is 5.70. The number of aromatic nitrogens is 2. The van der Waals surface area contributed by atoms with Gasteiger partial charge in [-0.2, -0.15) is 0 Å². The van der Waals surface area contributed by atoms with Crippen LogP contribution in [0.5, 0.6) is 0 Å². The minimum Gasteiger partial charge on any atom is -0.444 e. The smallest absolute Gasteiger partial charge is 0.410 e. The Morgan fingerprint density at radius 1 is 1.37 bits per heavy atom. The van der Waals surface area contributed by atoms with Crippen molar-refractivity contribution in [2.45, 2.75) is 45.8 Å². The van der Waals surface area contributed by atoms with E-state index in [1.54, 1.807) is 4.90 Å². The van der Waals surface area contributed by atoms with Crippen molar-refractivity contribution in [2.75, 3.05) is 25.4 Å². The summed E-state index contributed by atoms with van der Waals surface area (Å²) >= 11 is 0. The summed E-state index contributed by atoms with van der Waals surface area (Å²) < 4.78 is 7.68. The molecule has 1 amide bonds. The number of fused-ring (bicyclic) bond motifs is 1. The fourth-order valence-electron chi connectivity index (χ4n) is 3.48. The van der Waals surface area contributed by atoms with Gasteiger partial charge in [-0.05, 0) is 70.8 Å². The second-order valence-electron chi connectivity index (χ2n) is 8.39. The highest BCUT2D eigenvalue weighted by Gasteiger charge is 2.27. The molecule has 1 aliphatic rings. The topological polar surface area (TPSA) is 85.4 Å². The first-order valence-electron chi connectivity index (χ1n) is 9.62. The van der Waals surface area contributed by atoms with E-state index in [0.29, 0.717) is 24.7 Å². The van der Waals surface area contributed by atoms with Crippen molar-refractivity contribution in [3.8, 4) is 0 Å². The Hall–Kier alpha value is -2.28. The maximum Gasteiger partial charge on any atom is 0.410 e. The number of ether oxygens (including phenoxy) is 1. The minimum absolute atomic E-state index is 0.285. The number of aryl methyl sites for hydroxylation is 1. The zero-order valence-corrected chi connectivity index (χ0v) is 16.8. The van der Waals surface area contributed by atoms with E-state index < -0.39 is 5.60 Å². The molecule has 7 heteroatoms. The van der Waals surface area contributed by atoms with Gasteiger partial charge in [-0.25, -0.2) is 9.78 Å². The lowest BCUT2D eigenvalue weighted by molar-refractivity contribution is 0.0185. The summed E-state index contributed by atoms with van der Waals surface area (Å²) in [5.41, 5.74) is 7.90. The predicted molar refractivity (Wildman–Crippen MR) is 107 cm³/mol. The summed E-state index contributed by atoms with van der Waals surface area (Å²) in [4.78, 5) is 19.4. The summed E-state index contributed by atoms with van der Waals surface area (Å²) in [5, 5.41) is 3.37. The number of amides is 1. The molecule has 148 valence electrons. The van der Waals surface area contributed by atoms with Crippen LogP contribution in [0.4, 0.5) is 10.5 Å². The first-order valence-corrected chi connectivity index (χ1v) is 9.62. The van der Waals surface area contributed by atoms with Crippen molar-refractivity contribution >= 4 is 22.8 Å².